The lowest BCUT2D eigenvalue weighted by molar-refractivity contribution is 0.106. The maximum absolute atomic E-state index is 9.78. The van der Waals surface area contributed by atoms with Crippen LogP contribution in [0, 0.1) is 0 Å². The summed E-state index contributed by atoms with van der Waals surface area (Å²) >= 11 is 6.46. The van der Waals surface area contributed by atoms with E-state index in [0.717, 1.165) is 16.7 Å². The number of ether oxygens (including phenoxy) is 1. The third kappa shape index (κ3) is 4.59. The molecule has 0 saturated heterocycles. The van der Waals surface area contributed by atoms with Gasteiger partial charge in [0.15, 0.2) is 0 Å². The van der Waals surface area contributed by atoms with Crippen LogP contribution < -0.4 is 4.74 Å². The van der Waals surface area contributed by atoms with Crippen molar-refractivity contribution in [2.45, 2.75) is 25.6 Å². The Hall–Kier alpha value is -2.36. The van der Waals surface area contributed by atoms with Gasteiger partial charge in [-0.25, -0.2) is 0 Å². The van der Waals surface area contributed by atoms with Crippen molar-refractivity contribution in [1.82, 2.24) is 4.98 Å². The largest absolute Gasteiger partial charge is 0.486 e. The van der Waals surface area contributed by atoms with Crippen LogP contribution in [0.4, 0.5) is 0 Å². The molecule has 128 valence electrons. The van der Waals surface area contributed by atoms with E-state index in [-0.39, 0.29) is 6.10 Å². The molecule has 25 heavy (non-hydrogen) atoms. The van der Waals surface area contributed by atoms with Crippen LogP contribution in [0.15, 0.2) is 73.1 Å². The molecule has 3 rings (SSSR count). The second-order valence-corrected chi connectivity index (χ2v) is 6.39. The summed E-state index contributed by atoms with van der Waals surface area (Å²) in [4.78, 5) is 4.14. The van der Waals surface area contributed by atoms with Gasteiger partial charge in [0.2, 0.25) is 0 Å². The predicted octanol–water partition coefficient (Wildman–Crippen LogP) is 5.29. The number of aliphatic hydroxyl groups is 1. The third-order valence-electron chi connectivity index (χ3n) is 3.92. The van der Waals surface area contributed by atoms with Crippen LogP contribution in [0.3, 0.4) is 0 Å². The molecule has 2 unspecified atom stereocenters. The zero-order valence-corrected chi connectivity index (χ0v) is 14.7. The van der Waals surface area contributed by atoms with Crippen molar-refractivity contribution in [3.63, 3.8) is 0 Å². The van der Waals surface area contributed by atoms with E-state index in [1.807, 2.05) is 60.7 Å². The van der Waals surface area contributed by atoms with E-state index in [2.05, 4.69) is 4.98 Å². The Labute approximate surface area is 152 Å². The van der Waals surface area contributed by atoms with E-state index in [4.69, 9.17) is 16.3 Å². The second kappa shape index (κ2) is 8.15. The average Bonchev–Trinajstić information content (AvgIpc) is 2.62. The molecule has 3 aromatic rings. The first-order chi connectivity index (χ1) is 12.1. The summed E-state index contributed by atoms with van der Waals surface area (Å²) in [5, 5.41) is 10.4. The molecule has 1 aromatic heterocycles. The normalized spacial score (nSPS) is 13.2. The van der Waals surface area contributed by atoms with Crippen LogP contribution in [0.1, 0.15) is 25.0 Å². The number of nitrogens with zero attached hydrogens (tertiary/aromatic N) is 1. The zero-order chi connectivity index (χ0) is 17.6. The fourth-order valence-electron chi connectivity index (χ4n) is 2.71. The topological polar surface area (TPSA) is 42.4 Å². The Morgan fingerprint density at radius 1 is 1.08 bits per heavy atom. The van der Waals surface area contributed by atoms with Gasteiger partial charge in [0.25, 0.3) is 0 Å². The monoisotopic (exact) mass is 353 g/mol. The second-order valence-electron chi connectivity index (χ2n) is 5.99. The maximum Gasteiger partial charge on any atom is 0.128 e. The van der Waals surface area contributed by atoms with Crippen molar-refractivity contribution in [1.29, 1.82) is 0 Å². The van der Waals surface area contributed by atoms with E-state index in [1.54, 1.807) is 19.3 Å². The summed E-state index contributed by atoms with van der Waals surface area (Å²) in [5.41, 5.74) is 2.95. The van der Waals surface area contributed by atoms with Gasteiger partial charge < -0.3 is 9.84 Å². The van der Waals surface area contributed by atoms with Gasteiger partial charge in [-0.15, -0.1) is 0 Å². The van der Waals surface area contributed by atoms with E-state index in [0.29, 0.717) is 17.2 Å². The van der Waals surface area contributed by atoms with Crippen LogP contribution in [-0.4, -0.2) is 16.2 Å². The standard InChI is InChI=1S/C21H20ClNO2/c1-15(24)12-21(17-8-5-11-23-14-17)25-18-9-10-19(20(22)13-18)16-6-3-2-4-7-16/h2-11,13-15,21,24H,12H2,1H3. The molecule has 0 fully saturated rings. The summed E-state index contributed by atoms with van der Waals surface area (Å²) in [6.07, 6.45) is 3.18. The van der Waals surface area contributed by atoms with Crippen LogP contribution in [0.2, 0.25) is 5.02 Å². The highest BCUT2D eigenvalue weighted by atomic mass is 35.5. The highest BCUT2D eigenvalue weighted by molar-refractivity contribution is 6.33. The first-order valence-electron chi connectivity index (χ1n) is 8.23. The first-order valence-corrected chi connectivity index (χ1v) is 8.61. The number of aromatic nitrogens is 1. The molecule has 0 amide bonds. The summed E-state index contributed by atoms with van der Waals surface area (Å²) in [7, 11) is 0. The molecular formula is C21H20ClNO2. The predicted molar refractivity (Wildman–Crippen MR) is 101 cm³/mol. The van der Waals surface area contributed by atoms with Gasteiger partial charge in [-0.3, -0.25) is 4.98 Å². The van der Waals surface area contributed by atoms with Crippen molar-refractivity contribution in [3.05, 3.63) is 83.6 Å². The lowest BCUT2D eigenvalue weighted by atomic mass is 10.0. The minimum atomic E-state index is -0.482. The molecule has 0 aliphatic rings. The SMILES string of the molecule is CC(O)CC(Oc1ccc(-c2ccccc2)c(Cl)c1)c1cccnc1. The van der Waals surface area contributed by atoms with Crippen LogP contribution >= 0.6 is 11.6 Å². The lowest BCUT2D eigenvalue weighted by Gasteiger charge is -2.21. The molecule has 1 N–H and O–H groups in total. The smallest absolute Gasteiger partial charge is 0.128 e. The van der Waals surface area contributed by atoms with E-state index < -0.39 is 6.10 Å². The quantitative estimate of drug-likeness (QED) is 0.654. The molecule has 0 bridgehead atoms. The molecule has 2 atom stereocenters. The molecule has 3 nitrogen and oxygen atoms in total. The molecule has 0 aliphatic carbocycles. The van der Waals surface area contributed by atoms with Gasteiger partial charge >= 0.3 is 0 Å². The molecular weight excluding hydrogens is 334 g/mol. The fourth-order valence-corrected chi connectivity index (χ4v) is 2.99. The Bertz CT molecular complexity index is 807. The Morgan fingerprint density at radius 3 is 2.52 bits per heavy atom. The molecule has 0 aliphatic heterocycles. The number of aliphatic hydroxyl groups excluding tert-OH is 1. The third-order valence-corrected chi connectivity index (χ3v) is 4.23. The Kier molecular flexibility index (Phi) is 5.69. The minimum absolute atomic E-state index is 0.285. The summed E-state index contributed by atoms with van der Waals surface area (Å²) in [6.45, 7) is 1.75. The van der Waals surface area contributed by atoms with Gasteiger partial charge in [-0.05, 0) is 36.8 Å². The van der Waals surface area contributed by atoms with Crippen LogP contribution in [-0.2, 0) is 0 Å². The summed E-state index contributed by atoms with van der Waals surface area (Å²) < 4.78 is 6.10. The van der Waals surface area contributed by atoms with E-state index >= 15 is 0 Å². The summed E-state index contributed by atoms with van der Waals surface area (Å²) in [6, 6.07) is 19.5. The Morgan fingerprint density at radius 2 is 1.88 bits per heavy atom. The molecule has 1 heterocycles. The number of pyridine rings is 1. The van der Waals surface area contributed by atoms with Crippen molar-refractivity contribution >= 4 is 11.6 Å². The minimum Gasteiger partial charge on any atom is -0.486 e. The van der Waals surface area contributed by atoms with Gasteiger partial charge in [0.1, 0.15) is 11.9 Å². The maximum atomic E-state index is 9.78. The molecule has 0 spiro atoms. The fraction of sp³-hybridized carbons (Fsp3) is 0.190. The van der Waals surface area contributed by atoms with Gasteiger partial charge in [-0.1, -0.05) is 48.0 Å². The highest BCUT2D eigenvalue weighted by Crippen LogP contribution is 2.33. The number of hydrogen-bond acceptors (Lipinski definition) is 3. The average molecular weight is 354 g/mol. The first kappa shape index (κ1) is 17.5. The number of hydrogen-bond donors (Lipinski definition) is 1. The lowest BCUT2D eigenvalue weighted by Crippen LogP contribution is -2.14. The number of halogens is 1. The Balaban J connectivity index is 1.84. The highest BCUT2D eigenvalue weighted by Gasteiger charge is 2.17. The van der Waals surface area contributed by atoms with E-state index in [1.165, 1.54) is 0 Å². The number of benzene rings is 2. The van der Waals surface area contributed by atoms with Crippen molar-refractivity contribution < 1.29 is 9.84 Å². The van der Waals surface area contributed by atoms with E-state index in [9.17, 15) is 5.11 Å². The van der Waals surface area contributed by atoms with Crippen molar-refractivity contribution in [2.24, 2.45) is 0 Å². The van der Waals surface area contributed by atoms with Crippen molar-refractivity contribution in [3.8, 4) is 16.9 Å². The van der Waals surface area contributed by atoms with Gasteiger partial charge in [0, 0.05) is 29.9 Å². The molecule has 4 heteroatoms. The van der Waals surface area contributed by atoms with Gasteiger partial charge in [-0.2, -0.15) is 0 Å². The van der Waals surface area contributed by atoms with Crippen molar-refractivity contribution in [2.75, 3.05) is 0 Å². The number of rotatable bonds is 6. The van der Waals surface area contributed by atoms with Crippen LogP contribution in [0.5, 0.6) is 5.75 Å². The molecule has 0 radical (unpaired) electrons. The zero-order valence-electron chi connectivity index (χ0n) is 14.0. The molecule has 2 aromatic carbocycles. The summed E-state index contributed by atoms with van der Waals surface area (Å²) in [5.74, 6) is 0.666. The van der Waals surface area contributed by atoms with Crippen LogP contribution in [0.25, 0.3) is 11.1 Å². The molecule has 0 saturated carbocycles. The van der Waals surface area contributed by atoms with Gasteiger partial charge in [0.05, 0.1) is 11.1 Å².